The highest BCUT2D eigenvalue weighted by atomic mass is 35.5. The Morgan fingerprint density at radius 3 is 3.07 bits per heavy atom. The van der Waals surface area contributed by atoms with Crippen LogP contribution < -0.4 is 0 Å². The van der Waals surface area contributed by atoms with E-state index in [1.807, 2.05) is 0 Å². The van der Waals surface area contributed by atoms with Gasteiger partial charge in [0.25, 0.3) is 0 Å². The molecule has 0 saturated heterocycles. The van der Waals surface area contributed by atoms with E-state index in [4.69, 9.17) is 11.6 Å². The van der Waals surface area contributed by atoms with Crippen LogP contribution in [0.3, 0.4) is 0 Å². The van der Waals surface area contributed by atoms with Gasteiger partial charge in [-0.05, 0) is 6.42 Å². The topological polar surface area (TPSA) is 43.6 Å². The molecule has 2 aromatic rings. The van der Waals surface area contributed by atoms with E-state index >= 15 is 0 Å². The summed E-state index contributed by atoms with van der Waals surface area (Å²) in [6.07, 6.45) is 3.03. The van der Waals surface area contributed by atoms with E-state index in [0.717, 1.165) is 0 Å². The first-order chi connectivity index (χ1) is 7.24. The molecule has 0 aromatic carbocycles. The number of hydrogen-bond acceptors (Lipinski definition) is 3. The molecule has 0 aliphatic heterocycles. The molecule has 0 N–H and O–H groups in total. The van der Waals surface area contributed by atoms with E-state index in [2.05, 4.69) is 15.1 Å². The molecule has 2 atom stereocenters. The lowest BCUT2D eigenvalue weighted by molar-refractivity contribution is 0.419. The van der Waals surface area contributed by atoms with Gasteiger partial charge in [0.2, 0.25) is 0 Å². The molecular formula is C9H8ClFN4. The maximum Gasteiger partial charge on any atom is 0.178 e. The van der Waals surface area contributed by atoms with Gasteiger partial charge in [0, 0.05) is 12.5 Å². The van der Waals surface area contributed by atoms with Crippen LogP contribution in [0, 0.1) is 5.92 Å². The molecule has 15 heavy (non-hydrogen) atoms. The summed E-state index contributed by atoms with van der Waals surface area (Å²) in [7, 11) is 0. The summed E-state index contributed by atoms with van der Waals surface area (Å²) in [4.78, 5) is 8.20. The van der Waals surface area contributed by atoms with Gasteiger partial charge < -0.3 is 0 Å². The predicted molar refractivity (Wildman–Crippen MR) is 53.3 cm³/mol. The van der Waals surface area contributed by atoms with Crippen molar-refractivity contribution in [1.82, 2.24) is 19.7 Å². The van der Waals surface area contributed by atoms with Crippen molar-refractivity contribution in [3.8, 4) is 0 Å². The van der Waals surface area contributed by atoms with Crippen LogP contribution in [-0.4, -0.2) is 25.9 Å². The van der Waals surface area contributed by atoms with Gasteiger partial charge >= 0.3 is 0 Å². The number of rotatable bonds is 2. The Balaban J connectivity index is 1.99. The molecule has 2 heterocycles. The molecule has 0 bridgehead atoms. The standard InChI is InChI=1S/C9H8ClFN4/c10-8-3-12-7-2-13-15(9(7)14-8)4-5-1-6(5)11/h2-3,5-6H,1,4H2. The molecule has 1 aliphatic rings. The van der Waals surface area contributed by atoms with Crippen molar-refractivity contribution in [2.45, 2.75) is 19.1 Å². The smallest absolute Gasteiger partial charge is 0.178 e. The van der Waals surface area contributed by atoms with Crippen molar-refractivity contribution in [1.29, 1.82) is 0 Å². The van der Waals surface area contributed by atoms with Gasteiger partial charge in [-0.15, -0.1) is 0 Å². The molecule has 2 unspecified atom stereocenters. The maximum atomic E-state index is 12.7. The van der Waals surface area contributed by atoms with Gasteiger partial charge in [-0.2, -0.15) is 5.10 Å². The van der Waals surface area contributed by atoms with Crippen LogP contribution in [0.25, 0.3) is 11.2 Å². The van der Waals surface area contributed by atoms with Crippen molar-refractivity contribution in [2.24, 2.45) is 5.92 Å². The van der Waals surface area contributed by atoms with Crippen LogP contribution >= 0.6 is 11.6 Å². The van der Waals surface area contributed by atoms with Crippen LogP contribution in [0.1, 0.15) is 6.42 Å². The molecule has 1 saturated carbocycles. The Morgan fingerprint density at radius 1 is 1.53 bits per heavy atom. The third kappa shape index (κ3) is 1.56. The SMILES string of the molecule is FC1CC1Cn1ncc2ncc(Cl)nc21. The number of halogens is 2. The van der Waals surface area contributed by atoms with E-state index in [-0.39, 0.29) is 5.92 Å². The zero-order chi connectivity index (χ0) is 10.4. The number of alkyl halides is 1. The van der Waals surface area contributed by atoms with Crippen molar-refractivity contribution in [2.75, 3.05) is 0 Å². The summed E-state index contributed by atoms with van der Waals surface area (Å²) in [5, 5.41) is 4.45. The molecule has 1 fully saturated rings. The van der Waals surface area contributed by atoms with Crippen molar-refractivity contribution in [3.63, 3.8) is 0 Å². The quantitative estimate of drug-likeness (QED) is 0.785. The summed E-state index contributed by atoms with van der Waals surface area (Å²) in [6.45, 7) is 0.555. The van der Waals surface area contributed by atoms with E-state index in [1.165, 1.54) is 6.20 Å². The number of nitrogens with zero attached hydrogens (tertiary/aromatic N) is 4. The minimum atomic E-state index is -0.684. The lowest BCUT2D eigenvalue weighted by Crippen LogP contribution is -2.04. The third-order valence-electron chi connectivity index (χ3n) is 2.56. The van der Waals surface area contributed by atoms with Crippen molar-refractivity contribution in [3.05, 3.63) is 17.5 Å². The van der Waals surface area contributed by atoms with Crippen molar-refractivity contribution >= 4 is 22.8 Å². The van der Waals surface area contributed by atoms with Gasteiger partial charge in [0.1, 0.15) is 16.8 Å². The van der Waals surface area contributed by atoms with Crippen LogP contribution in [-0.2, 0) is 6.54 Å². The Hall–Kier alpha value is -1.23. The van der Waals surface area contributed by atoms with Crippen LogP contribution in [0.5, 0.6) is 0 Å². The second kappa shape index (κ2) is 3.13. The number of hydrogen-bond donors (Lipinski definition) is 0. The normalized spacial score (nSPS) is 24.7. The van der Waals surface area contributed by atoms with E-state index < -0.39 is 6.17 Å². The number of fused-ring (bicyclic) bond motifs is 1. The van der Waals surface area contributed by atoms with Gasteiger partial charge in [0.15, 0.2) is 5.65 Å². The molecular weight excluding hydrogens is 219 g/mol. The van der Waals surface area contributed by atoms with Crippen LogP contribution in [0.4, 0.5) is 4.39 Å². The summed E-state index contributed by atoms with van der Waals surface area (Å²) in [5.41, 5.74) is 1.32. The Labute approximate surface area is 90.1 Å². The summed E-state index contributed by atoms with van der Waals surface area (Å²) in [5.74, 6) is 0.0777. The highest BCUT2D eigenvalue weighted by molar-refractivity contribution is 6.29. The summed E-state index contributed by atoms with van der Waals surface area (Å²) < 4.78 is 14.4. The second-order valence-electron chi connectivity index (χ2n) is 3.74. The molecule has 2 aromatic heterocycles. The Kier molecular flexibility index (Phi) is 1.88. The fourth-order valence-corrected chi connectivity index (χ4v) is 1.71. The Bertz CT molecular complexity index is 512. The lowest BCUT2D eigenvalue weighted by Gasteiger charge is -1.99. The monoisotopic (exact) mass is 226 g/mol. The van der Waals surface area contributed by atoms with E-state index in [0.29, 0.717) is 29.3 Å². The third-order valence-corrected chi connectivity index (χ3v) is 2.74. The summed E-state index contributed by atoms with van der Waals surface area (Å²) in [6, 6.07) is 0. The molecule has 1 aliphatic carbocycles. The molecule has 0 radical (unpaired) electrons. The van der Waals surface area contributed by atoms with Crippen LogP contribution in [0.15, 0.2) is 12.4 Å². The van der Waals surface area contributed by atoms with E-state index in [1.54, 1.807) is 10.9 Å². The zero-order valence-corrected chi connectivity index (χ0v) is 8.52. The minimum absolute atomic E-state index is 0.0777. The highest BCUT2D eigenvalue weighted by Gasteiger charge is 2.38. The molecule has 0 spiro atoms. The van der Waals surface area contributed by atoms with E-state index in [9.17, 15) is 4.39 Å². The molecule has 0 amide bonds. The summed E-state index contributed by atoms with van der Waals surface area (Å²) >= 11 is 5.74. The first-order valence-corrected chi connectivity index (χ1v) is 5.10. The predicted octanol–water partition coefficient (Wildman–Crippen LogP) is 1.84. The minimum Gasteiger partial charge on any atom is -0.248 e. The molecule has 4 nitrogen and oxygen atoms in total. The molecule has 6 heteroatoms. The largest absolute Gasteiger partial charge is 0.248 e. The highest BCUT2D eigenvalue weighted by Crippen LogP contribution is 2.35. The fraction of sp³-hybridized carbons (Fsp3) is 0.444. The van der Waals surface area contributed by atoms with Crippen LogP contribution in [0.2, 0.25) is 5.15 Å². The van der Waals surface area contributed by atoms with Gasteiger partial charge in [-0.1, -0.05) is 11.6 Å². The zero-order valence-electron chi connectivity index (χ0n) is 7.77. The maximum absolute atomic E-state index is 12.7. The average Bonchev–Trinajstić information content (AvgIpc) is 2.74. The van der Waals surface area contributed by atoms with Gasteiger partial charge in [-0.25, -0.2) is 19.0 Å². The fourth-order valence-electron chi connectivity index (χ4n) is 1.58. The molecule has 78 valence electrons. The first kappa shape index (κ1) is 9.03. The van der Waals surface area contributed by atoms with Crippen molar-refractivity contribution < 1.29 is 4.39 Å². The lowest BCUT2D eigenvalue weighted by atomic mass is 10.4. The van der Waals surface area contributed by atoms with Gasteiger partial charge in [-0.3, -0.25) is 0 Å². The number of aromatic nitrogens is 4. The van der Waals surface area contributed by atoms with Gasteiger partial charge in [0.05, 0.1) is 12.4 Å². The molecule has 3 rings (SSSR count). The second-order valence-corrected chi connectivity index (χ2v) is 4.13. The Morgan fingerprint density at radius 2 is 2.33 bits per heavy atom. The average molecular weight is 227 g/mol. The first-order valence-electron chi connectivity index (χ1n) is 4.72.